The number of hydrogen-bond donors (Lipinski definition) is 1. The molecule has 7 heteroatoms. The number of carboxylic acid groups (broad SMARTS) is 1. The van der Waals surface area contributed by atoms with E-state index in [4.69, 9.17) is 9.84 Å². The molecule has 1 heterocycles. The van der Waals surface area contributed by atoms with Crippen molar-refractivity contribution in [3.8, 4) is 5.75 Å². The first-order valence-corrected chi connectivity index (χ1v) is 8.02. The Morgan fingerprint density at radius 1 is 1.33 bits per heavy atom. The van der Waals surface area contributed by atoms with E-state index in [1.54, 1.807) is 11.8 Å². The van der Waals surface area contributed by atoms with Crippen molar-refractivity contribution in [3.05, 3.63) is 29.8 Å². The van der Waals surface area contributed by atoms with Crippen LogP contribution in [0.3, 0.4) is 0 Å². The molecule has 1 aliphatic heterocycles. The minimum absolute atomic E-state index is 0.00680. The van der Waals surface area contributed by atoms with Crippen LogP contribution in [0.2, 0.25) is 0 Å². The molecule has 1 N–H and O–H groups in total. The maximum absolute atomic E-state index is 13.2. The molecule has 1 aromatic carbocycles. The molecule has 5 nitrogen and oxygen atoms in total. The first kappa shape index (κ1) is 18.2. The van der Waals surface area contributed by atoms with Gasteiger partial charge in [0.1, 0.15) is 5.75 Å². The van der Waals surface area contributed by atoms with Gasteiger partial charge in [0, 0.05) is 25.1 Å². The lowest BCUT2D eigenvalue weighted by atomic mass is 9.97. The summed E-state index contributed by atoms with van der Waals surface area (Å²) < 4.78 is 31.6. The zero-order valence-electron chi connectivity index (χ0n) is 13.5. The van der Waals surface area contributed by atoms with Crippen LogP contribution in [0.25, 0.3) is 0 Å². The second-order valence-corrected chi connectivity index (χ2v) is 5.95. The van der Waals surface area contributed by atoms with Crippen LogP contribution in [0.1, 0.15) is 39.0 Å². The topological polar surface area (TPSA) is 66.8 Å². The van der Waals surface area contributed by atoms with Gasteiger partial charge < -0.3 is 14.7 Å². The molecule has 1 aliphatic rings. The third kappa shape index (κ3) is 4.66. The SMILES string of the molecule is CC(Oc1ccc(F)c(F)c1)C(=O)N1CCCCC1CCC(=O)O. The van der Waals surface area contributed by atoms with Crippen molar-refractivity contribution in [1.29, 1.82) is 0 Å². The van der Waals surface area contributed by atoms with E-state index < -0.39 is 23.7 Å². The second kappa shape index (κ2) is 8.08. The Hall–Kier alpha value is -2.18. The van der Waals surface area contributed by atoms with Gasteiger partial charge in [-0.3, -0.25) is 9.59 Å². The van der Waals surface area contributed by atoms with Crippen molar-refractivity contribution < 1.29 is 28.2 Å². The van der Waals surface area contributed by atoms with Crippen LogP contribution in [0.5, 0.6) is 5.75 Å². The Kier molecular flexibility index (Phi) is 6.11. The Balaban J connectivity index is 2.01. The number of nitrogens with zero attached hydrogens (tertiary/aromatic N) is 1. The largest absolute Gasteiger partial charge is 0.481 e. The third-order valence-electron chi connectivity index (χ3n) is 4.15. The third-order valence-corrected chi connectivity index (χ3v) is 4.15. The van der Waals surface area contributed by atoms with E-state index in [-0.39, 0.29) is 24.1 Å². The fourth-order valence-electron chi connectivity index (χ4n) is 2.92. The van der Waals surface area contributed by atoms with Gasteiger partial charge in [0.05, 0.1) is 0 Å². The molecule has 0 spiro atoms. The van der Waals surface area contributed by atoms with Crippen molar-refractivity contribution in [3.63, 3.8) is 0 Å². The van der Waals surface area contributed by atoms with E-state index >= 15 is 0 Å². The number of halogens is 2. The fraction of sp³-hybridized carbons (Fsp3) is 0.529. The lowest BCUT2D eigenvalue weighted by Gasteiger charge is -2.37. The molecule has 1 saturated heterocycles. The molecule has 2 unspecified atom stereocenters. The number of carbonyl (C=O) groups excluding carboxylic acids is 1. The molecular formula is C17H21F2NO4. The number of carboxylic acids is 1. The summed E-state index contributed by atoms with van der Waals surface area (Å²) in [5, 5.41) is 8.83. The number of benzene rings is 1. The van der Waals surface area contributed by atoms with Crippen molar-refractivity contribution >= 4 is 11.9 Å². The van der Waals surface area contributed by atoms with E-state index in [0.717, 1.165) is 31.4 Å². The highest BCUT2D eigenvalue weighted by molar-refractivity contribution is 5.81. The average Bonchev–Trinajstić information content (AvgIpc) is 2.56. The highest BCUT2D eigenvalue weighted by Gasteiger charge is 2.30. The Morgan fingerprint density at radius 3 is 2.75 bits per heavy atom. The summed E-state index contributed by atoms with van der Waals surface area (Å²) in [6.45, 7) is 2.10. The predicted octanol–water partition coefficient (Wildman–Crippen LogP) is 2.98. The first-order valence-electron chi connectivity index (χ1n) is 8.02. The molecule has 2 atom stereocenters. The average molecular weight is 341 g/mol. The van der Waals surface area contributed by atoms with Gasteiger partial charge >= 0.3 is 5.97 Å². The van der Waals surface area contributed by atoms with Gasteiger partial charge in [0.15, 0.2) is 17.7 Å². The van der Waals surface area contributed by atoms with Gasteiger partial charge in [-0.25, -0.2) is 8.78 Å². The summed E-state index contributed by atoms with van der Waals surface area (Å²) >= 11 is 0. The molecule has 132 valence electrons. The molecule has 0 saturated carbocycles. The van der Waals surface area contributed by atoms with Gasteiger partial charge in [-0.2, -0.15) is 0 Å². The zero-order valence-corrected chi connectivity index (χ0v) is 13.5. The number of carbonyl (C=O) groups is 2. The molecule has 2 rings (SSSR count). The lowest BCUT2D eigenvalue weighted by Crippen LogP contribution is -2.49. The van der Waals surface area contributed by atoms with Crippen LogP contribution >= 0.6 is 0 Å². The monoisotopic (exact) mass is 341 g/mol. The summed E-state index contributed by atoms with van der Waals surface area (Å²) in [7, 11) is 0. The minimum Gasteiger partial charge on any atom is -0.481 e. The van der Waals surface area contributed by atoms with Gasteiger partial charge in [-0.1, -0.05) is 0 Å². The van der Waals surface area contributed by atoms with E-state index in [1.165, 1.54) is 6.07 Å². The van der Waals surface area contributed by atoms with Crippen LogP contribution < -0.4 is 4.74 Å². The highest BCUT2D eigenvalue weighted by atomic mass is 19.2. The standard InChI is InChI=1S/C17H21F2NO4/c1-11(24-13-6-7-14(18)15(19)10-13)17(23)20-9-3-2-4-12(20)5-8-16(21)22/h6-7,10-12H,2-5,8-9H2,1H3,(H,21,22). The maximum Gasteiger partial charge on any atom is 0.303 e. The van der Waals surface area contributed by atoms with E-state index in [9.17, 15) is 18.4 Å². The van der Waals surface area contributed by atoms with E-state index in [2.05, 4.69) is 0 Å². The Labute approximate surface area is 139 Å². The highest BCUT2D eigenvalue weighted by Crippen LogP contribution is 2.23. The van der Waals surface area contributed by atoms with Crippen LogP contribution in [0.4, 0.5) is 8.78 Å². The molecule has 1 amide bonds. The van der Waals surface area contributed by atoms with Gasteiger partial charge in [-0.05, 0) is 44.7 Å². The quantitative estimate of drug-likeness (QED) is 0.864. The number of hydrogen-bond acceptors (Lipinski definition) is 3. The molecule has 0 bridgehead atoms. The smallest absolute Gasteiger partial charge is 0.303 e. The number of likely N-dealkylation sites (tertiary alicyclic amines) is 1. The van der Waals surface area contributed by atoms with Crippen molar-refractivity contribution in [2.75, 3.05) is 6.54 Å². The molecule has 0 aliphatic carbocycles. The second-order valence-electron chi connectivity index (χ2n) is 5.95. The number of amides is 1. The zero-order chi connectivity index (χ0) is 17.7. The normalized spacial score (nSPS) is 19.0. The van der Waals surface area contributed by atoms with Crippen molar-refractivity contribution in [2.24, 2.45) is 0 Å². The number of aliphatic carboxylic acids is 1. The number of piperidine rings is 1. The van der Waals surface area contributed by atoms with Crippen molar-refractivity contribution in [2.45, 2.75) is 51.2 Å². The van der Waals surface area contributed by atoms with Crippen molar-refractivity contribution in [1.82, 2.24) is 4.90 Å². The summed E-state index contributed by atoms with van der Waals surface area (Å²) in [6.07, 6.45) is 2.11. The molecule has 24 heavy (non-hydrogen) atoms. The Bertz CT molecular complexity index is 608. The van der Waals surface area contributed by atoms with Crippen LogP contribution in [0, 0.1) is 11.6 Å². The first-order chi connectivity index (χ1) is 11.4. The number of ether oxygens (including phenoxy) is 1. The van der Waals surface area contributed by atoms with Crippen LogP contribution in [-0.4, -0.2) is 40.6 Å². The maximum atomic E-state index is 13.2. The Morgan fingerprint density at radius 2 is 2.08 bits per heavy atom. The molecule has 0 radical (unpaired) electrons. The fourth-order valence-corrected chi connectivity index (χ4v) is 2.92. The van der Waals surface area contributed by atoms with E-state index in [1.807, 2.05) is 0 Å². The summed E-state index contributed by atoms with van der Waals surface area (Å²) in [6, 6.07) is 2.98. The number of rotatable bonds is 6. The van der Waals surface area contributed by atoms with Crippen LogP contribution in [0.15, 0.2) is 18.2 Å². The molecular weight excluding hydrogens is 320 g/mol. The predicted molar refractivity (Wildman–Crippen MR) is 82.7 cm³/mol. The summed E-state index contributed by atoms with van der Waals surface area (Å²) in [5.74, 6) is -3.10. The summed E-state index contributed by atoms with van der Waals surface area (Å²) in [5.41, 5.74) is 0. The van der Waals surface area contributed by atoms with Gasteiger partial charge in [0.2, 0.25) is 0 Å². The minimum atomic E-state index is -1.04. The van der Waals surface area contributed by atoms with E-state index in [0.29, 0.717) is 13.0 Å². The molecule has 0 aromatic heterocycles. The van der Waals surface area contributed by atoms with Crippen LogP contribution in [-0.2, 0) is 9.59 Å². The van der Waals surface area contributed by atoms with Gasteiger partial charge in [-0.15, -0.1) is 0 Å². The molecule has 1 aromatic rings. The molecule has 1 fully saturated rings. The van der Waals surface area contributed by atoms with Gasteiger partial charge in [0.25, 0.3) is 5.91 Å². The summed E-state index contributed by atoms with van der Waals surface area (Å²) in [4.78, 5) is 25.0. The lowest BCUT2D eigenvalue weighted by molar-refractivity contribution is -0.144.